The van der Waals surface area contributed by atoms with E-state index in [4.69, 9.17) is 0 Å². The molecule has 0 aromatic carbocycles. The van der Waals surface area contributed by atoms with Gasteiger partial charge in [0.05, 0.1) is 0 Å². The van der Waals surface area contributed by atoms with E-state index in [-0.39, 0.29) is 0 Å². The van der Waals surface area contributed by atoms with Gasteiger partial charge in [-0.15, -0.1) is 10.2 Å². The lowest BCUT2D eigenvalue weighted by Gasteiger charge is -2.31. The fraction of sp³-hybridized carbons (Fsp3) is 0.529. The molecule has 1 aliphatic rings. The molecule has 3 aromatic rings. The number of piperidine rings is 1. The summed E-state index contributed by atoms with van der Waals surface area (Å²) >= 11 is 0. The van der Waals surface area contributed by atoms with Crippen molar-refractivity contribution in [2.75, 3.05) is 29.9 Å². The number of rotatable bonds is 6. The van der Waals surface area contributed by atoms with Gasteiger partial charge in [0.2, 0.25) is 5.95 Å². The molecule has 0 amide bonds. The predicted octanol–water partition coefficient (Wildman–Crippen LogP) is 1.06. The van der Waals surface area contributed by atoms with Crippen molar-refractivity contribution in [3.8, 4) is 0 Å². The lowest BCUT2D eigenvalue weighted by molar-refractivity contribution is 0.467. The first-order chi connectivity index (χ1) is 13.2. The smallest absolute Gasteiger partial charge is 0.227 e. The zero-order chi connectivity index (χ0) is 18.6. The van der Waals surface area contributed by atoms with Crippen molar-refractivity contribution in [2.24, 2.45) is 7.05 Å². The molecular formula is C17H24N10. The maximum absolute atomic E-state index is 4.60. The molecular weight excluding hydrogens is 344 g/mol. The van der Waals surface area contributed by atoms with Crippen LogP contribution in [0.25, 0.3) is 0 Å². The monoisotopic (exact) mass is 368 g/mol. The minimum atomic E-state index is 0.389. The fourth-order valence-electron chi connectivity index (χ4n) is 3.45. The zero-order valence-electron chi connectivity index (χ0n) is 15.7. The number of hydrogen-bond donors (Lipinski definition) is 1. The first kappa shape index (κ1) is 17.4. The molecule has 10 nitrogen and oxygen atoms in total. The molecule has 10 heteroatoms. The average molecular weight is 368 g/mol. The van der Waals surface area contributed by atoms with Crippen molar-refractivity contribution in [2.45, 2.75) is 32.2 Å². The highest BCUT2D eigenvalue weighted by Gasteiger charge is 2.26. The van der Waals surface area contributed by atoms with Gasteiger partial charge in [-0.3, -0.25) is 0 Å². The zero-order valence-corrected chi connectivity index (χ0v) is 15.7. The van der Waals surface area contributed by atoms with Gasteiger partial charge in [-0.2, -0.15) is 10.1 Å². The van der Waals surface area contributed by atoms with Crippen molar-refractivity contribution in [1.29, 1.82) is 0 Å². The lowest BCUT2D eigenvalue weighted by atomic mass is 9.96. The van der Waals surface area contributed by atoms with Crippen LogP contribution in [0.1, 0.15) is 37.3 Å². The number of nitrogens with one attached hydrogen (secondary N) is 1. The highest BCUT2D eigenvalue weighted by Crippen LogP contribution is 2.28. The van der Waals surface area contributed by atoms with Crippen LogP contribution in [0, 0.1) is 0 Å². The topological polar surface area (TPSA) is 102 Å². The van der Waals surface area contributed by atoms with Gasteiger partial charge in [0.15, 0.2) is 5.82 Å². The molecule has 4 heterocycles. The molecule has 142 valence electrons. The van der Waals surface area contributed by atoms with E-state index < -0.39 is 0 Å². The molecule has 0 radical (unpaired) electrons. The minimum absolute atomic E-state index is 0.389. The van der Waals surface area contributed by atoms with E-state index in [2.05, 4.69) is 52.0 Å². The van der Waals surface area contributed by atoms with Crippen molar-refractivity contribution in [3.05, 3.63) is 36.6 Å². The first-order valence-corrected chi connectivity index (χ1v) is 9.27. The van der Waals surface area contributed by atoms with Crippen LogP contribution in [0.15, 0.2) is 24.9 Å². The molecule has 0 spiro atoms. The van der Waals surface area contributed by atoms with E-state index in [0.717, 1.165) is 55.9 Å². The second kappa shape index (κ2) is 7.68. The van der Waals surface area contributed by atoms with Gasteiger partial charge in [0, 0.05) is 38.8 Å². The summed E-state index contributed by atoms with van der Waals surface area (Å²) in [5.41, 5.74) is 0. The second-order valence-electron chi connectivity index (χ2n) is 6.66. The fourth-order valence-corrected chi connectivity index (χ4v) is 3.45. The van der Waals surface area contributed by atoms with Crippen LogP contribution in [0.3, 0.4) is 0 Å². The Labute approximate surface area is 157 Å². The third-order valence-corrected chi connectivity index (χ3v) is 4.91. The van der Waals surface area contributed by atoms with Gasteiger partial charge in [-0.05, 0) is 25.8 Å². The normalized spacial score (nSPS) is 15.3. The number of nitrogens with zero attached hydrogens (tertiary/aromatic N) is 9. The van der Waals surface area contributed by atoms with Crippen molar-refractivity contribution in [1.82, 2.24) is 39.5 Å². The number of anilines is 2. The third-order valence-electron chi connectivity index (χ3n) is 4.91. The van der Waals surface area contributed by atoms with Crippen molar-refractivity contribution in [3.63, 3.8) is 0 Å². The van der Waals surface area contributed by atoms with E-state index in [1.165, 1.54) is 6.33 Å². The molecule has 0 saturated carbocycles. The van der Waals surface area contributed by atoms with Gasteiger partial charge < -0.3 is 14.8 Å². The summed E-state index contributed by atoms with van der Waals surface area (Å²) in [6.45, 7) is 5.30. The molecule has 1 N–H and O–H groups in total. The molecule has 0 bridgehead atoms. The van der Waals surface area contributed by atoms with Gasteiger partial charge in [0.25, 0.3) is 0 Å². The summed E-state index contributed by atoms with van der Waals surface area (Å²) in [6, 6.07) is 1.90. The number of aromatic nitrogens is 8. The quantitative estimate of drug-likeness (QED) is 0.689. The molecule has 0 aliphatic carbocycles. The molecule has 0 atom stereocenters. The summed E-state index contributed by atoms with van der Waals surface area (Å²) in [7, 11) is 2.02. The predicted molar refractivity (Wildman–Crippen MR) is 101 cm³/mol. The first-order valence-electron chi connectivity index (χ1n) is 9.27. The van der Waals surface area contributed by atoms with Crippen LogP contribution in [0.5, 0.6) is 0 Å². The second-order valence-corrected chi connectivity index (χ2v) is 6.66. The van der Waals surface area contributed by atoms with Crippen LogP contribution >= 0.6 is 0 Å². The highest BCUT2D eigenvalue weighted by molar-refractivity contribution is 5.41. The van der Waals surface area contributed by atoms with E-state index in [1.54, 1.807) is 11.0 Å². The Morgan fingerprint density at radius 1 is 1.22 bits per heavy atom. The molecule has 3 aromatic heterocycles. The molecule has 0 unspecified atom stereocenters. The summed E-state index contributed by atoms with van der Waals surface area (Å²) in [5, 5.41) is 16.2. The Morgan fingerprint density at radius 3 is 2.81 bits per heavy atom. The van der Waals surface area contributed by atoms with Gasteiger partial charge in [-0.25, -0.2) is 14.6 Å². The van der Waals surface area contributed by atoms with Crippen LogP contribution in [-0.4, -0.2) is 59.1 Å². The molecule has 4 rings (SSSR count). The summed E-state index contributed by atoms with van der Waals surface area (Å²) in [4.78, 5) is 15.2. The van der Waals surface area contributed by atoms with Gasteiger partial charge in [0.1, 0.15) is 30.8 Å². The Hall–Kier alpha value is -3.04. The van der Waals surface area contributed by atoms with Crippen molar-refractivity contribution < 1.29 is 0 Å². The summed E-state index contributed by atoms with van der Waals surface area (Å²) in [5.74, 6) is 3.97. The van der Waals surface area contributed by atoms with Crippen LogP contribution in [0.2, 0.25) is 0 Å². The highest BCUT2D eigenvalue weighted by atomic mass is 15.4. The summed E-state index contributed by atoms with van der Waals surface area (Å²) in [6.07, 6.45) is 7.04. The van der Waals surface area contributed by atoms with E-state index in [0.29, 0.717) is 12.5 Å². The Bertz CT molecular complexity index is 864. The van der Waals surface area contributed by atoms with Gasteiger partial charge in [-0.1, -0.05) is 0 Å². The largest absolute Gasteiger partial charge is 0.370 e. The van der Waals surface area contributed by atoms with Crippen LogP contribution in [0.4, 0.5) is 11.8 Å². The lowest BCUT2D eigenvalue weighted by Crippen LogP contribution is -2.35. The molecule has 1 fully saturated rings. The van der Waals surface area contributed by atoms with Crippen LogP contribution < -0.4 is 10.2 Å². The maximum atomic E-state index is 4.60. The Morgan fingerprint density at radius 2 is 2.07 bits per heavy atom. The van der Waals surface area contributed by atoms with E-state index in [9.17, 15) is 0 Å². The standard InChI is InChI=1S/C17H24N10/c1-3-19-14-4-7-20-17(22-14)26-8-5-13(6-9-26)16-24-23-15(25(16)2)10-27-12-18-11-21-27/h4,7,11-13H,3,5-6,8-10H2,1-2H3,(H,19,20,22). The van der Waals surface area contributed by atoms with Crippen molar-refractivity contribution >= 4 is 11.8 Å². The molecule has 1 aliphatic heterocycles. The number of hydrogen-bond acceptors (Lipinski definition) is 8. The maximum Gasteiger partial charge on any atom is 0.227 e. The summed E-state index contributed by atoms with van der Waals surface area (Å²) < 4.78 is 3.84. The van der Waals surface area contributed by atoms with E-state index >= 15 is 0 Å². The Kier molecular flexibility index (Phi) is 4.95. The minimum Gasteiger partial charge on any atom is -0.370 e. The Balaban J connectivity index is 1.41. The SMILES string of the molecule is CCNc1ccnc(N2CCC(c3nnc(Cn4cncn4)n3C)CC2)n1. The molecule has 27 heavy (non-hydrogen) atoms. The van der Waals surface area contributed by atoms with E-state index in [1.807, 2.05) is 19.3 Å². The van der Waals surface area contributed by atoms with Gasteiger partial charge >= 0.3 is 0 Å². The molecule has 1 saturated heterocycles. The average Bonchev–Trinajstić information content (AvgIpc) is 3.33. The third kappa shape index (κ3) is 3.74. The van der Waals surface area contributed by atoms with Crippen LogP contribution in [-0.2, 0) is 13.6 Å².